The summed E-state index contributed by atoms with van der Waals surface area (Å²) < 4.78 is 4.90. The Morgan fingerprint density at radius 2 is 0.685 bits per heavy atom. The summed E-state index contributed by atoms with van der Waals surface area (Å²) in [6.45, 7) is 0.0224. The van der Waals surface area contributed by atoms with Crippen molar-refractivity contribution in [3.05, 3.63) is 322 Å². The Labute approximate surface area is 515 Å². The van der Waals surface area contributed by atoms with Crippen molar-refractivity contribution in [2.75, 3.05) is 9.80 Å². The summed E-state index contributed by atoms with van der Waals surface area (Å²) in [5.41, 5.74) is 26.6. The monoisotopic (exact) mass is 1130 g/mol. The van der Waals surface area contributed by atoms with Crippen LogP contribution in [-0.4, -0.2) is 25.8 Å². The molecule has 5 heterocycles. The largest absolute Gasteiger partial charge is 0.311 e. The first-order valence-electron chi connectivity index (χ1n) is 30.5. The van der Waals surface area contributed by atoms with Gasteiger partial charge in [-0.3, -0.25) is 0 Å². The van der Waals surface area contributed by atoms with Gasteiger partial charge in [0.05, 0.1) is 39.1 Å². The van der Waals surface area contributed by atoms with Gasteiger partial charge in [-0.25, -0.2) is 9.97 Å². The van der Waals surface area contributed by atoms with E-state index in [1.807, 2.05) is 0 Å². The highest BCUT2D eigenvalue weighted by molar-refractivity contribution is 7.00. The highest BCUT2D eigenvalue weighted by atomic mass is 15.2. The molecule has 13 aromatic carbocycles. The van der Waals surface area contributed by atoms with E-state index in [0.717, 1.165) is 89.6 Å². The zero-order valence-electron chi connectivity index (χ0n) is 48.4. The third kappa shape index (κ3) is 8.13. The zero-order valence-corrected chi connectivity index (χ0v) is 48.4. The van der Waals surface area contributed by atoms with Crippen molar-refractivity contribution in [2.45, 2.75) is 0 Å². The summed E-state index contributed by atoms with van der Waals surface area (Å²) in [5, 5.41) is 4.82. The SMILES string of the molecule is c1ccc(-c2cc(-c3ccccc3)nc(-c3ccc(-n4c5ccccc5c5cc6c7ccccc7n(-c7ccccc7)c6cc54)c(-c4ccc(-c5cc6c7c(c5)N(c5ccccc5)c5ccccc5B7c5ccccc5N6c5ccccc5)cc4)c3)n2)cc1. The number of rotatable bonds is 9. The molecule has 7 heteroatoms. The second-order valence-corrected chi connectivity index (χ2v) is 23.3. The third-order valence-electron chi connectivity index (χ3n) is 18.3. The van der Waals surface area contributed by atoms with E-state index in [1.54, 1.807) is 0 Å². The fourth-order valence-electron chi connectivity index (χ4n) is 14.4. The quantitative estimate of drug-likeness (QED) is 0.135. The summed E-state index contributed by atoms with van der Waals surface area (Å²) in [7, 11) is 0. The van der Waals surface area contributed by atoms with E-state index < -0.39 is 0 Å². The maximum atomic E-state index is 5.39. The van der Waals surface area contributed by atoms with Gasteiger partial charge in [-0.2, -0.15) is 0 Å². The Kier molecular flexibility index (Phi) is 11.6. The number of fused-ring (bicyclic) bond motifs is 10. The Hall–Kier alpha value is -11.8. The van der Waals surface area contributed by atoms with Crippen LogP contribution in [0, 0.1) is 0 Å². The average Bonchev–Trinajstić information content (AvgIpc) is 0.966. The Morgan fingerprint density at radius 1 is 0.247 bits per heavy atom. The van der Waals surface area contributed by atoms with Gasteiger partial charge in [-0.15, -0.1) is 0 Å². The highest BCUT2D eigenvalue weighted by Crippen LogP contribution is 2.48. The Bertz CT molecular complexity index is 5260. The van der Waals surface area contributed by atoms with Gasteiger partial charge in [0.1, 0.15) is 0 Å². The van der Waals surface area contributed by atoms with Crippen LogP contribution >= 0.6 is 0 Å². The lowest BCUT2D eigenvalue weighted by atomic mass is 9.33. The van der Waals surface area contributed by atoms with Crippen molar-refractivity contribution in [3.63, 3.8) is 0 Å². The standard InChI is InChI=1S/C82H53BN6/c1-6-24-56(25-7-1)70-52-71(57-26-8-2-9-27-57)85-82(84-70)58-46-47-74(89-73-39-21-17-35-64(73)67-51-66-63-34-16-20-38-72(63)86(77(66)53-78(67)89)60-28-10-3-11-29-60)65(48-58)55-44-42-54(43-45-55)59-49-79-81-80(50-59)88(62-32-14-5-15-33-62)76-41-23-19-37-69(76)83(81)68-36-18-22-40-75(68)87(79)61-30-12-4-13-31-61/h1-53H. The number of anilines is 6. The smallest absolute Gasteiger partial charge is 0.252 e. The molecule has 0 bridgehead atoms. The lowest BCUT2D eigenvalue weighted by Gasteiger charge is -2.44. The molecule has 0 fully saturated rings. The maximum absolute atomic E-state index is 5.39. The van der Waals surface area contributed by atoms with Crippen LogP contribution in [0.3, 0.4) is 0 Å². The molecule has 0 N–H and O–H groups in total. The van der Waals surface area contributed by atoms with Crippen LogP contribution in [0.4, 0.5) is 34.1 Å². The van der Waals surface area contributed by atoms with E-state index in [-0.39, 0.29) is 6.71 Å². The second-order valence-electron chi connectivity index (χ2n) is 23.3. The van der Waals surface area contributed by atoms with E-state index >= 15 is 0 Å². The van der Waals surface area contributed by atoms with Crippen LogP contribution in [0.5, 0.6) is 0 Å². The first kappa shape index (κ1) is 50.5. The predicted molar refractivity (Wildman–Crippen MR) is 372 cm³/mol. The lowest BCUT2D eigenvalue weighted by Crippen LogP contribution is -2.61. The summed E-state index contributed by atoms with van der Waals surface area (Å²) >= 11 is 0. The number of benzene rings is 13. The normalized spacial score (nSPS) is 12.4. The summed E-state index contributed by atoms with van der Waals surface area (Å²) in [6.07, 6.45) is 0. The molecule has 16 aromatic rings. The van der Waals surface area contributed by atoms with Gasteiger partial charge in [-0.05, 0) is 142 Å². The molecule has 0 saturated heterocycles. The summed E-state index contributed by atoms with van der Waals surface area (Å²) in [6, 6.07) is 117. The van der Waals surface area contributed by atoms with Crippen molar-refractivity contribution < 1.29 is 0 Å². The van der Waals surface area contributed by atoms with Gasteiger partial charge >= 0.3 is 0 Å². The lowest BCUT2D eigenvalue weighted by molar-refractivity contribution is 1.16. The van der Waals surface area contributed by atoms with Crippen molar-refractivity contribution >= 4 is 101 Å². The molecule has 0 aliphatic carbocycles. The second kappa shape index (κ2) is 20.4. The van der Waals surface area contributed by atoms with Gasteiger partial charge < -0.3 is 18.9 Å². The predicted octanol–water partition coefficient (Wildman–Crippen LogP) is 19.1. The van der Waals surface area contributed by atoms with Crippen LogP contribution in [-0.2, 0) is 0 Å². The van der Waals surface area contributed by atoms with E-state index in [4.69, 9.17) is 9.97 Å². The van der Waals surface area contributed by atoms with Crippen molar-refractivity contribution in [2.24, 2.45) is 0 Å². The van der Waals surface area contributed by atoms with E-state index in [1.165, 1.54) is 66.2 Å². The zero-order chi connectivity index (χ0) is 58.5. The van der Waals surface area contributed by atoms with Gasteiger partial charge in [-0.1, -0.05) is 212 Å². The van der Waals surface area contributed by atoms with Crippen LogP contribution < -0.4 is 26.2 Å². The van der Waals surface area contributed by atoms with Gasteiger partial charge in [0, 0.05) is 83.6 Å². The molecule has 0 unspecified atom stereocenters. The molecular weight excluding hydrogens is 1080 g/mol. The van der Waals surface area contributed by atoms with Crippen molar-refractivity contribution in [1.29, 1.82) is 0 Å². The minimum absolute atomic E-state index is 0.0224. The number of aromatic nitrogens is 4. The molecule has 2 aliphatic heterocycles. The fourth-order valence-corrected chi connectivity index (χ4v) is 14.4. The highest BCUT2D eigenvalue weighted by Gasteiger charge is 2.43. The molecule has 2 aliphatic rings. The van der Waals surface area contributed by atoms with Crippen LogP contribution in [0.25, 0.3) is 111 Å². The van der Waals surface area contributed by atoms with Crippen LogP contribution in [0.15, 0.2) is 322 Å². The molecule has 0 amide bonds. The number of nitrogens with zero attached hydrogens (tertiary/aromatic N) is 6. The van der Waals surface area contributed by atoms with E-state index in [9.17, 15) is 0 Å². The fraction of sp³-hybridized carbons (Fsp3) is 0. The maximum Gasteiger partial charge on any atom is 0.252 e. The molecule has 0 spiro atoms. The van der Waals surface area contributed by atoms with Gasteiger partial charge in [0.15, 0.2) is 5.82 Å². The first-order chi connectivity index (χ1) is 44.2. The number of hydrogen-bond acceptors (Lipinski definition) is 4. The Balaban J connectivity index is 0.870. The molecule has 0 atom stereocenters. The molecule has 18 rings (SSSR count). The summed E-state index contributed by atoms with van der Waals surface area (Å²) in [5.74, 6) is 0.654. The summed E-state index contributed by atoms with van der Waals surface area (Å²) in [4.78, 5) is 15.7. The molecule has 6 nitrogen and oxygen atoms in total. The van der Waals surface area contributed by atoms with Gasteiger partial charge in [0.25, 0.3) is 6.71 Å². The van der Waals surface area contributed by atoms with Gasteiger partial charge in [0.2, 0.25) is 0 Å². The molecule has 414 valence electrons. The minimum atomic E-state index is 0.0224. The topological polar surface area (TPSA) is 42.1 Å². The van der Waals surface area contributed by atoms with Crippen molar-refractivity contribution in [1.82, 2.24) is 19.1 Å². The van der Waals surface area contributed by atoms with E-state index in [0.29, 0.717) is 5.82 Å². The molecule has 89 heavy (non-hydrogen) atoms. The third-order valence-corrected chi connectivity index (χ3v) is 18.3. The van der Waals surface area contributed by atoms with E-state index in [2.05, 4.69) is 340 Å². The first-order valence-corrected chi connectivity index (χ1v) is 30.5. The number of hydrogen-bond donors (Lipinski definition) is 0. The molecule has 0 saturated carbocycles. The molecule has 3 aromatic heterocycles. The van der Waals surface area contributed by atoms with Crippen molar-refractivity contribution in [3.8, 4) is 67.5 Å². The Morgan fingerprint density at radius 3 is 1.24 bits per heavy atom. The number of para-hydroxylation sites is 7. The average molecular weight is 1130 g/mol. The molecule has 0 radical (unpaired) electrons. The minimum Gasteiger partial charge on any atom is -0.311 e. The molecular formula is C82H53BN6. The van der Waals surface area contributed by atoms with Crippen LogP contribution in [0.2, 0.25) is 0 Å². The van der Waals surface area contributed by atoms with Crippen LogP contribution in [0.1, 0.15) is 0 Å².